The summed E-state index contributed by atoms with van der Waals surface area (Å²) in [5.41, 5.74) is 0. The highest BCUT2D eigenvalue weighted by Gasteiger charge is 2.11. The first-order chi connectivity index (χ1) is 4.43. The largest absolute Gasteiger partial charge is 0.373 e. The quantitative estimate of drug-likeness (QED) is 0.551. The molecular formula is C5H12NO2P. The molecule has 1 aliphatic rings. The van der Waals surface area contributed by atoms with E-state index in [-0.39, 0.29) is 6.10 Å². The van der Waals surface area contributed by atoms with E-state index in [1.165, 1.54) is 0 Å². The molecule has 0 bridgehead atoms. The molecule has 3 nitrogen and oxygen atoms in total. The van der Waals surface area contributed by atoms with Gasteiger partial charge in [-0.15, -0.1) is 0 Å². The van der Waals surface area contributed by atoms with Crippen LogP contribution < -0.4 is 5.32 Å². The van der Waals surface area contributed by atoms with Crippen LogP contribution in [0.4, 0.5) is 0 Å². The van der Waals surface area contributed by atoms with Gasteiger partial charge >= 0.3 is 0 Å². The zero-order valence-electron chi connectivity index (χ0n) is 5.30. The predicted molar refractivity (Wildman–Crippen MR) is 38.3 cm³/mol. The number of morpholine rings is 1. The topological polar surface area (TPSA) is 30.5 Å². The molecule has 4 heteroatoms. The zero-order valence-corrected chi connectivity index (χ0v) is 6.45. The molecule has 0 spiro atoms. The summed E-state index contributed by atoms with van der Waals surface area (Å²) >= 11 is 0. The first-order valence-electron chi connectivity index (χ1n) is 3.07. The normalized spacial score (nSPS) is 28.3. The third-order valence-electron chi connectivity index (χ3n) is 1.29. The molecule has 1 fully saturated rings. The average Bonchev–Trinajstić information content (AvgIpc) is 1.91. The lowest BCUT2D eigenvalue weighted by molar-refractivity contribution is 0.00412. The van der Waals surface area contributed by atoms with Crippen molar-refractivity contribution in [2.24, 2.45) is 0 Å². The number of nitrogens with one attached hydrogen (secondary N) is 1. The van der Waals surface area contributed by atoms with Crippen LogP contribution in [0.2, 0.25) is 0 Å². The Morgan fingerprint density at radius 3 is 3.22 bits per heavy atom. The van der Waals surface area contributed by atoms with Crippen molar-refractivity contribution in [2.45, 2.75) is 6.10 Å². The minimum atomic E-state index is 0.247. The van der Waals surface area contributed by atoms with Crippen molar-refractivity contribution in [3.8, 4) is 0 Å². The molecule has 0 radical (unpaired) electrons. The van der Waals surface area contributed by atoms with Crippen LogP contribution in [-0.4, -0.2) is 32.4 Å². The highest BCUT2D eigenvalue weighted by molar-refractivity contribution is 7.09. The lowest BCUT2D eigenvalue weighted by Gasteiger charge is -2.22. The summed E-state index contributed by atoms with van der Waals surface area (Å²) < 4.78 is 10.2. The lowest BCUT2D eigenvalue weighted by atomic mass is 10.3. The molecule has 0 amide bonds. The first kappa shape index (κ1) is 7.42. The van der Waals surface area contributed by atoms with Gasteiger partial charge in [-0.05, 0) is 0 Å². The average molecular weight is 149 g/mol. The SMILES string of the molecule is POC[C@H]1CNCCO1. The molecule has 0 aromatic carbocycles. The van der Waals surface area contributed by atoms with Crippen molar-refractivity contribution in [1.29, 1.82) is 0 Å². The van der Waals surface area contributed by atoms with Crippen molar-refractivity contribution in [3.63, 3.8) is 0 Å². The van der Waals surface area contributed by atoms with E-state index in [0.29, 0.717) is 6.61 Å². The summed E-state index contributed by atoms with van der Waals surface area (Å²) in [7, 11) is 2.22. The van der Waals surface area contributed by atoms with Gasteiger partial charge in [0.05, 0.1) is 19.3 Å². The maximum atomic E-state index is 5.32. The molecule has 0 aliphatic carbocycles. The molecule has 1 heterocycles. The van der Waals surface area contributed by atoms with E-state index in [1.54, 1.807) is 0 Å². The highest BCUT2D eigenvalue weighted by Crippen LogP contribution is 1.98. The molecular weight excluding hydrogens is 137 g/mol. The standard InChI is InChI=1S/C5H12NO2P/c9-8-4-5-3-6-1-2-7-5/h5-6H,1-4,9H2/t5-/m1/s1. The van der Waals surface area contributed by atoms with Gasteiger partial charge in [-0.25, -0.2) is 0 Å². The van der Waals surface area contributed by atoms with Gasteiger partial charge < -0.3 is 14.6 Å². The first-order valence-corrected chi connectivity index (χ1v) is 3.54. The van der Waals surface area contributed by atoms with E-state index in [1.807, 2.05) is 0 Å². The Morgan fingerprint density at radius 2 is 2.67 bits per heavy atom. The van der Waals surface area contributed by atoms with Crippen molar-refractivity contribution < 1.29 is 9.26 Å². The lowest BCUT2D eigenvalue weighted by Crippen LogP contribution is -2.40. The summed E-state index contributed by atoms with van der Waals surface area (Å²) in [6.45, 7) is 3.35. The van der Waals surface area contributed by atoms with Crippen molar-refractivity contribution >= 4 is 9.47 Å². The predicted octanol–water partition coefficient (Wildman–Crippen LogP) is -0.219. The molecule has 1 aliphatic heterocycles. The summed E-state index contributed by atoms with van der Waals surface area (Å²) in [5, 5.41) is 3.21. The van der Waals surface area contributed by atoms with Crippen LogP contribution in [0.1, 0.15) is 0 Å². The van der Waals surface area contributed by atoms with Gasteiger partial charge in [-0.1, -0.05) is 0 Å². The number of ether oxygens (including phenoxy) is 1. The molecule has 1 N–H and O–H groups in total. The van der Waals surface area contributed by atoms with E-state index >= 15 is 0 Å². The maximum Gasteiger partial charge on any atom is 0.0936 e. The summed E-state index contributed by atoms with van der Waals surface area (Å²) in [4.78, 5) is 0. The van der Waals surface area contributed by atoms with Gasteiger partial charge in [0.1, 0.15) is 0 Å². The summed E-state index contributed by atoms with van der Waals surface area (Å²) in [6, 6.07) is 0. The molecule has 0 saturated carbocycles. The number of rotatable bonds is 2. The van der Waals surface area contributed by atoms with Gasteiger partial charge in [0.15, 0.2) is 0 Å². The van der Waals surface area contributed by atoms with E-state index in [0.717, 1.165) is 19.7 Å². The Kier molecular flexibility index (Phi) is 3.44. The molecule has 0 aromatic rings. The van der Waals surface area contributed by atoms with Gasteiger partial charge in [0.25, 0.3) is 0 Å². The third kappa shape index (κ3) is 2.59. The second-order valence-corrected chi connectivity index (χ2v) is 2.36. The zero-order chi connectivity index (χ0) is 6.53. The molecule has 0 aromatic heterocycles. The van der Waals surface area contributed by atoms with Crippen molar-refractivity contribution in [1.82, 2.24) is 5.32 Å². The van der Waals surface area contributed by atoms with Gasteiger partial charge in [-0.2, -0.15) is 0 Å². The van der Waals surface area contributed by atoms with Crippen molar-refractivity contribution in [2.75, 3.05) is 26.3 Å². The molecule has 9 heavy (non-hydrogen) atoms. The molecule has 1 rings (SSSR count). The smallest absolute Gasteiger partial charge is 0.0936 e. The second-order valence-electron chi connectivity index (χ2n) is 2.03. The minimum Gasteiger partial charge on any atom is -0.373 e. The van der Waals surface area contributed by atoms with Crippen molar-refractivity contribution in [3.05, 3.63) is 0 Å². The van der Waals surface area contributed by atoms with Crippen LogP contribution >= 0.6 is 9.47 Å². The van der Waals surface area contributed by atoms with E-state index in [4.69, 9.17) is 9.26 Å². The third-order valence-corrected chi connectivity index (χ3v) is 1.48. The van der Waals surface area contributed by atoms with Crippen LogP contribution in [0, 0.1) is 0 Å². The van der Waals surface area contributed by atoms with Gasteiger partial charge in [0, 0.05) is 22.6 Å². The monoisotopic (exact) mass is 149 g/mol. The minimum absolute atomic E-state index is 0.247. The van der Waals surface area contributed by atoms with E-state index < -0.39 is 0 Å². The van der Waals surface area contributed by atoms with Crippen LogP contribution in [0.15, 0.2) is 0 Å². The van der Waals surface area contributed by atoms with E-state index in [9.17, 15) is 0 Å². The van der Waals surface area contributed by atoms with Crippen LogP contribution in [-0.2, 0) is 9.26 Å². The van der Waals surface area contributed by atoms with Crippen LogP contribution in [0.5, 0.6) is 0 Å². The number of hydrogen-bond acceptors (Lipinski definition) is 3. The summed E-state index contributed by atoms with van der Waals surface area (Å²) in [6.07, 6.45) is 0.247. The molecule has 54 valence electrons. The Balaban J connectivity index is 2.08. The fourth-order valence-electron chi connectivity index (χ4n) is 0.834. The van der Waals surface area contributed by atoms with Crippen LogP contribution in [0.25, 0.3) is 0 Å². The Morgan fingerprint density at radius 1 is 1.78 bits per heavy atom. The highest BCUT2D eigenvalue weighted by atomic mass is 31.0. The molecule has 1 saturated heterocycles. The Bertz CT molecular complexity index is 72.6. The molecule has 2 atom stereocenters. The maximum absolute atomic E-state index is 5.32. The van der Waals surface area contributed by atoms with Gasteiger partial charge in [0.2, 0.25) is 0 Å². The fourth-order valence-corrected chi connectivity index (χ4v) is 1.05. The van der Waals surface area contributed by atoms with Gasteiger partial charge in [-0.3, -0.25) is 0 Å². The summed E-state index contributed by atoms with van der Waals surface area (Å²) in [5.74, 6) is 0. The fraction of sp³-hybridized carbons (Fsp3) is 1.00. The number of hydrogen-bond donors (Lipinski definition) is 1. The van der Waals surface area contributed by atoms with Crippen LogP contribution in [0.3, 0.4) is 0 Å². The Labute approximate surface area is 57.4 Å². The van der Waals surface area contributed by atoms with E-state index in [2.05, 4.69) is 14.8 Å². The Hall–Kier alpha value is 0.310. The second kappa shape index (κ2) is 4.18. The molecule has 1 unspecified atom stereocenters.